The lowest BCUT2D eigenvalue weighted by Gasteiger charge is -2.11. The molecule has 1 atom stereocenters. The van der Waals surface area contributed by atoms with Gasteiger partial charge in [-0.15, -0.1) is 0 Å². The van der Waals surface area contributed by atoms with E-state index in [2.05, 4.69) is 27.5 Å². The molecule has 1 amide bonds. The zero-order valence-corrected chi connectivity index (χ0v) is 10.2. The second-order valence-corrected chi connectivity index (χ2v) is 4.56. The average molecular weight is 234 g/mol. The van der Waals surface area contributed by atoms with E-state index in [-0.39, 0.29) is 5.91 Å². The standard InChI is InChI=1S/C12H18N4O/c1-8(9-3-4-9)5-15-12(17)10-6-14-7-11(13-2)16-10/h6-9H,3-5H2,1-2H3,(H,13,16)(H,15,17). The molecule has 1 aromatic heterocycles. The number of anilines is 1. The van der Waals surface area contributed by atoms with Gasteiger partial charge in [-0.05, 0) is 24.7 Å². The maximum absolute atomic E-state index is 11.8. The Bertz CT molecular complexity index is 403. The maximum atomic E-state index is 11.8. The lowest BCUT2D eigenvalue weighted by Crippen LogP contribution is -2.29. The highest BCUT2D eigenvalue weighted by Gasteiger charge is 2.28. The quantitative estimate of drug-likeness (QED) is 0.805. The first-order chi connectivity index (χ1) is 8.20. The molecule has 1 aliphatic carbocycles. The topological polar surface area (TPSA) is 66.9 Å². The molecule has 0 saturated heterocycles. The predicted molar refractivity (Wildman–Crippen MR) is 65.8 cm³/mol. The number of carbonyl (C=O) groups excluding carboxylic acids is 1. The molecule has 5 nitrogen and oxygen atoms in total. The van der Waals surface area contributed by atoms with Crippen molar-refractivity contribution in [3.63, 3.8) is 0 Å². The monoisotopic (exact) mass is 234 g/mol. The third-order valence-corrected chi connectivity index (χ3v) is 3.13. The SMILES string of the molecule is CNc1cncc(C(=O)NCC(C)C2CC2)n1. The van der Waals surface area contributed by atoms with E-state index >= 15 is 0 Å². The summed E-state index contributed by atoms with van der Waals surface area (Å²) in [6.45, 7) is 2.89. The van der Waals surface area contributed by atoms with Crippen LogP contribution in [0.2, 0.25) is 0 Å². The molecular weight excluding hydrogens is 216 g/mol. The Kier molecular flexibility index (Phi) is 3.56. The molecule has 0 radical (unpaired) electrons. The first kappa shape index (κ1) is 11.8. The number of carbonyl (C=O) groups is 1. The van der Waals surface area contributed by atoms with Gasteiger partial charge in [0.1, 0.15) is 11.5 Å². The van der Waals surface area contributed by atoms with Gasteiger partial charge in [0.2, 0.25) is 0 Å². The third kappa shape index (κ3) is 3.15. The van der Waals surface area contributed by atoms with Crippen molar-refractivity contribution in [1.82, 2.24) is 15.3 Å². The summed E-state index contributed by atoms with van der Waals surface area (Å²) in [5, 5.41) is 5.76. The second kappa shape index (κ2) is 5.12. The zero-order valence-electron chi connectivity index (χ0n) is 10.2. The van der Waals surface area contributed by atoms with Crippen molar-refractivity contribution in [2.45, 2.75) is 19.8 Å². The molecule has 17 heavy (non-hydrogen) atoms. The van der Waals surface area contributed by atoms with Gasteiger partial charge in [0, 0.05) is 13.6 Å². The fraction of sp³-hybridized carbons (Fsp3) is 0.583. The van der Waals surface area contributed by atoms with E-state index in [9.17, 15) is 4.79 Å². The molecule has 1 aromatic rings. The van der Waals surface area contributed by atoms with Gasteiger partial charge in [-0.25, -0.2) is 4.98 Å². The molecule has 1 saturated carbocycles. The van der Waals surface area contributed by atoms with Crippen LogP contribution in [-0.2, 0) is 0 Å². The first-order valence-corrected chi connectivity index (χ1v) is 5.98. The van der Waals surface area contributed by atoms with Gasteiger partial charge in [0.25, 0.3) is 5.91 Å². The minimum absolute atomic E-state index is 0.151. The smallest absolute Gasteiger partial charge is 0.271 e. The van der Waals surface area contributed by atoms with Crippen LogP contribution < -0.4 is 10.6 Å². The second-order valence-electron chi connectivity index (χ2n) is 4.56. The molecule has 1 aliphatic rings. The Morgan fingerprint density at radius 3 is 2.94 bits per heavy atom. The molecular formula is C12H18N4O. The Labute approximate surface area is 101 Å². The van der Waals surface area contributed by atoms with Gasteiger partial charge < -0.3 is 10.6 Å². The molecule has 0 bridgehead atoms. The number of amides is 1. The van der Waals surface area contributed by atoms with Crippen molar-refractivity contribution in [3.05, 3.63) is 18.1 Å². The Morgan fingerprint density at radius 2 is 2.29 bits per heavy atom. The number of nitrogens with zero attached hydrogens (tertiary/aromatic N) is 2. The van der Waals surface area contributed by atoms with Crippen LogP contribution in [0, 0.1) is 11.8 Å². The third-order valence-electron chi connectivity index (χ3n) is 3.13. The van der Waals surface area contributed by atoms with Crippen LogP contribution in [0.4, 0.5) is 5.82 Å². The minimum atomic E-state index is -0.151. The summed E-state index contributed by atoms with van der Waals surface area (Å²) >= 11 is 0. The number of rotatable bonds is 5. The van der Waals surface area contributed by atoms with Crippen LogP contribution in [0.15, 0.2) is 12.4 Å². The Balaban J connectivity index is 1.89. The van der Waals surface area contributed by atoms with Crippen molar-refractivity contribution >= 4 is 11.7 Å². The van der Waals surface area contributed by atoms with E-state index in [0.717, 1.165) is 12.5 Å². The number of hydrogen-bond acceptors (Lipinski definition) is 4. The molecule has 1 unspecified atom stereocenters. The number of hydrogen-bond donors (Lipinski definition) is 2. The van der Waals surface area contributed by atoms with E-state index in [1.54, 1.807) is 13.2 Å². The highest BCUT2D eigenvalue weighted by Crippen LogP contribution is 2.36. The Morgan fingerprint density at radius 1 is 1.53 bits per heavy atom. The van der Waals surface area contributed by atoms with Crippen molar-refractivity contribution < 1.29 is 4.79 Å². The normalized spacial score (nSPS) is 16.4. The highest BCUT2D eigenvalue weighted by atomic mass is 16.1. The minimum Gasteiger partial charge on any atom is -0.372 e. The molecule has 0 aromatic carbocycles. The summed E-state index contributed by atoms with van der Waals surface area (Å²) in [5.74, 6) is 1.81. The lowest BCUT2D eigenvalue weighted by atomic mass is 10.1. The summed E-state index contributed by atoms with van der Waals surface area (Å²) in [5.41, 5.74) is 0.361. The van der Waals surface area contributed by atoms with Crippen molar-refractivity contribution in [3.8, 4) is 0 Å². The molecule has 1 heterocycles. The summed E-state index contributed by atoms with van der Waals surface area (Å²) in [4.78, 5) is 19.9. The maximum Gasteiger partial charge on any atom is 0.271 e. The van der Waals surface area contributed by atoms with Crippen LogP contribution in [-0.4, -0.2) is 29.5 Å². The van der Waals surface area contributed by atoms with Gasteiger partial charge in [-0.2, -0.15) is 0 Å². The lowest BCUT2D eigenvalue weighted by molar-refractivity contribution is 0.0941. The van der Waals surface area contributed by atoms with E-state index in [1.165, 1.54) is 19.0 Å². The number of nitrogens with one attached hydrogen (secondary N) is 2. The molecule has 92 valence electrons. The van der Waals surface area contributed by atoms with Gasteiger partial charge in [0.15, 0.2) is 0 Å². The predicted octanol–water partition coefficient (Wildman–Crippen LogP) is 1.29. The van der Waals surface area contributed by atoms with Crippen LogP contribution >= 0.6 is 0 Å². The fourth-order valence-electron chi connectivity index (χ4n) is 1.77. The van der Waals surface area contributed by atoms with E-state index in [1.807, 2.05) is 0 Å². The first-order valence-electron chi connectivity index (χ1n) is 5.98. The van der Waals surface area contributed by atoms with Crippen LogP contribution in [0.3, 0.4) is 0 Å². The summed E-state index contributed by atoms with van der Waals surface area (Å²) in [6.07, 6.45) is 5.67. The van der Waals surface area contributed by atoms with Gasteiger partial charge in [-0.3, -0.25) is 9.78 Å². The summed E-state index contributed by atoms with van der Waals surface area (Å²) < 4.78 is 0. The molecule has 2 rings (SSSR count). The van der Waals surface area contributed by atoms with Gasteiger partial charge >= 0.3 is 0 Å². The Hall–Kier alpha value is -1.65. The highest BCUT2D eigenvalue weighted by molar-refractivity contribution is 5.92. The van der Waals surface area contributed by atoms with Gasteiger partial charge in [0.05, 0.1) is 12.4 Å². The van der Waals surface area contributed by atoms with Gasteiger partial charge in [-0.1, -0.05) is 6.92 Å². The average Bonchev–Trinajstić information content (AvgIpc) is 3.19. The summed E-state index contributed by atoms with van der Waals surface area (Å²) in [7, 11) is 1.75. The number of aromatic nitrogens is 2. The molecule has 2 N–H and O–H groups in total. The fourth-order valence-corrected chi connectivity index (χ4v) is 1.77. The summed E-state index contributed by atoms with van der Waals surface area (Å²) in [6, 6.07) is 0. The molecule has 5 heteroatoms. The van der Waals surface area contributed by atoms with Crippen LogP contribution in [0.1, 0.15) is 30.3 Å². The molecule has 1 fully saturated rings. The van der Waals surface area contributed by atoms with Crippen molar-refractivity contribution in [2.24, 2.45) is 11.8 Å². The van der Waals surface area contributed by atoms with E-state index in [4.69, 9.17) is 0 Å². The van der Waals surface area contributed by atoms with Crippen molar-refractivity contribution in [2.75, 3.05) is 18.9 Å². The van der Waals surface area contributed by atoms with Crippen LogP contribution in [0.25, 0.3) is 0 Å². The van der Waals surface area contributed by atoms with E-state index < -0.39 is 0 Å². The van der Waals surface area contributed by atoms with Crippen LogP contribution in [0.5, 0.6) is 0 Å². The zero-order chi connectivity index (χ0) is 12.3. The van der Waals surface area contributed by atoms with Crippen molar-refractivity contribution in [1.29, 1.82) is 0 Å². The van der Waals surface area contributed by atoms with E-state index in [0.29, 0.717) is 17.4 Å². The molecule has 0 aliphatic heterocycles. The molecule has 0 spiro atoms. The largest absolute Gasteiger partial charge is 0.372 e.